The Bertz CT molecular complexity index is 546. The lowest BCUT2D eigenvalue weighted by Gasteiger charge is -2.35. The zero-order valence-electron chi connectivity index (χ0n) is 12.5. The Morgan fingerprint density at radius 2 is 2.29 bits per heavy atom. The summed E-state index contributed by atoms with van der Waals surface area (Å²) in [4.78, 5) is 14.6. The van der Waals surface area contributed by atoms with Gasteiger partial charge in [-0.05, 0) is 50.4 Å². The topological polar surface area (TPSA) is 44.4 Å². The largest absolute Gasteiger partial charge is 0.325 e. The number of anilines is 1. The molecule has 4 nitrogen and oxygen atoms in total. The smallest absolute Gasteiger partial charge is 0.238 e. The van der Waals surface area contributed by atoms with Crippen molar-refractivity contribution in [1.82, 2.24) is 10.2 Å². The van der Waals surface area contributed by atoms with E-state index in [1.165, 1.54) is 0 Å². The third kappa shape index (κ3) is 2.93. The molecule has 3 rings (SSSR count). The quantitative estimate of drug-likeness (QED) is 0.900. The number of hydrogen-bond donors (Lipinski definition) is 2. The average Bonchev–Trinajstić information content (AvgIpc) is 2.94. The van der Waals surface area contributed by atoms with Gasteiger partial charge in [0.2, 0.25) is 5.91 Å². The summed E-state index contributed by atoms with van der Waals surface area (Å²) in [5, 5.41) is 7.02. The van der Waals surface area contributed by atoms with E-state index >= 15 is 0 Å². The van der Waals surface area contributed by atoms with Crippen molar-refractivity contribution in [3.63, 3.8) is 0 Å². The summed E-state index contributed by atoms with van der Waals surface area (Å²) in [6, 6.07) is 7.27. The Morgan fingerprint density at radius 3 is 3.00 bits per heavy atom. The molecule has 0 aromatic heterocycles. The lowest BCUT2D eigenvalue weighted by atomic mass is 9.85. The molecule has 0 radical (unpaired) electrons. The van der Waals surface area contributed by atoms with Gasteiger partial charge in [-0.1, -0.05) is 17.7 Å². The van der Waals surface area contributed by atoms with Crippen LogP contribution in [0.25, 0.3) is 0 Å². The van der Waals surface area contributed by atoms with Gasteiger partial charge in [0.25, 0.3) is 0 Å². The summed E-state index contributed by atoms with van der Waals surface area (Å²) in [6.45, 7) is 8.05. The summed E-state index contributed by atoms with van der Waals surface area (Å²) >= 11 is 5.94. The van der Waals surface area contributed by atoms with Crippen LogP contribution in [0.3, 0.4) is 0 Å². The van der Waals surface area contributed by atoms with Crippen molar-refractivity contribution in [2.45, 2.75) is 19.4 Å². The van der Waals surface area contributed by atoms with Crippen LogP contribution in [-0.2, 0) is 4.79 Å². The fraction of sp³-hybridized carbons (Fsp3) is 0.562. The second-order valence-corrected chi connectivity index (χ2v) is 7.05. The minimum Gasteiger partial charge on any atom is -0.325 e. The average molecular weight is 308 g/mol. The van der Waals surface area contributed by atoms with E-state index in [0.717, 1.165) is 25.3 Å². The van der Waals surface area contributed by atoms with Gasteiger partial charge in [0, 0.05) is 29.3 Å². The molecule has 1 aromatic rings. The number of nitrogens with zero attached hydrogens (tertiary/aromatic N) is 1. The third-order valence-electron chi connectivity index (χ3n) is 4.96. The molecule has 0 bridgehead atoms. The molecule has 0 saturated carbocycles. The van der Waals surface area contributed by atoms with E-state index < -0.39 is 0 Å². The second kappa shape index (κ2) is 5.59. The molecule has 2 N–H and O–H groups in total. The molecule has 1 amide bonds. The number of fused-ring (bicyclic) bond motifs is 1. The molecule has 2 aliphatic heterocycles. The van der Waals surface area contributed by atoms with Gasteiger partial charge >= 0.3 is 0 Å². The van der Waals surface area contributed by atoms with Crippen molar-refractivity contribution in [1.29, 1.82) is 0 Å². The molecule has 2 aliphatic rings. The summed E-state index contributed by atoms with van der Waals surface area (Å²) in [6.07, 6.45) is 0. The summed E-state index contributed by atoms with van der Waals surface area (Å²) in [7, 11) is 0. The van der Waals surface area contributed by atoms with Gasteiger partial charge in [0.1, 0.15) is 0 Å². The number of nitrogens with one attached hydrogen (secondary N) is 2. The van der Waals surface area contributed by atoms with Gasteiger partial charge in [-0.2, -0.15) is 0 Å². The van der Waals surface area contributed by atoms with Crippen LogP contribution in [0.15, 0.2) is 24.3 Å². The Kier molecular flexibility index (Phi) is 3.95. The molecule has 2 heterocycles. The maximum atomic E-state index is 12.3. The predicted octanol–water partition coefficient (Wildman–Crippen LogP) is 2.21. The zero-order valence-corrected chi connectivity index (χ0v) is 13.3. The number of halogens is 1. The lowest BCUT2D eigenvalue weighted by molar-refractivity contribution is -0.118. The number of carbonyl (C=O) groups is 1. The van der Waals surface area contributed by atoms with Crippen LogP contribution in [0, 0.1) is 11.8 Å². The summed E-state index contributed by atoms with van der Waals surface area (Å²) < 4.78 is 0. The maximum absolute atomic E-state index is 12.3. The molecule has 2 unspecified atom stereocenters. The fourth-order valence-corrected chi connectivity index (χ4v) is 3.90. The van der Waals surface area contributed by atoms with Gasteiger partial charge in [-0.25, -0.2) is 0 Å². The normalized spacial score (nSPS) is 27.6. The Labute approximate surface area is 130 Å². The highest BCUT2D eigenvalue weighted by Gasteiger charge is 2.49. The first-order chi connectivity index (χ1) is 9.96. The van der Waals surface area contributed by atoms with E-state index in [0.29, 0.717) is 23.4 Å². The second-order valence-electron chi connectivity index (χ2n) is 6.62. The molecule has 2 fully saturated rings. The number of amides is 1. The van der Waals surface area contributed by atoms with Crippen molar-refractivity contribution in [2.24, 2.45) is 11.8 Å². The minimum absolute atomic E-state index is 0.0262. The van der Waals surface area contributed by atoms with Crippen molar-refractivity contribution in [2.75, 3.05) is 31.5 Å². The van der Waals surface area contributed by atoms with Crippen molar-refractivity contribution in [3.8, 4) is 0 Å². The first-order valence-electron chi connectivity index (χ1n) is 7.48. The van der Waals surface area contributed by atoms with Crippen LogP contribution in [0.2, 0.25) is 5.02 Å². The summed E-state index contributed by atoms with van der Waals surface area (Å²) in [5.74, 6) is 1.33. The highest BCUT2D eigenvalue weighted by molar-refractivity contribution is 6.30. The molecular formula is C16H22ClN3O. The SMILES string of the molecule is CC1(C)C2CNCC2CN1CC(=O)Nc1cccc(Cl)c1. The first kappa shape index (κ1) is 14.8. The lowest BCUT2D eigenvalue weighted by Crippen LogP contribution is -2.47. The third-order valence-corrected chi connectivity index (χ3v) is 5.20. The standard InChI is InChI=1S/C16H22ClN3O/c1-16(2)14-8-18-7-11(14)9-20(16)10-15(21)19-13-5-3-4-12(17)6-13/h3-6,11,14,18H,7-10H2,1-2H3,(H,19,21). The molecule has 2 saturated heterocycles. The number of hydrogen-bond acceptors (Lipinski definition) is 3. The van der Waals surface area contributed by atoms with Crippen LogP contribution in [0.4, 0.5) is 5.69 Å². The monoisotopic (exact) mass is 307 g/mol. The van der Waals surface area contributed by atoms with E-state index in [2.05, 4.69) is 29.4 Å². The van der Waals surface area contributed by atoms with E-state index in [-0.39, 0.29) is 11.4 Å². The van der Waals surface area contributed by atoms with Gasteiger partial charge in [0.15, 0.2) is 0 Å². The Balaban J connectivity index is 1.63. The van der Waals surface area contributed by atoms with Gasteiger partial charge in [-0.3, -0.25) is 9.69 Å². The van der Waals surface area contributed by atoms with E-state index in [4.69, 9.17) is 11.6 Å². The highest BCUT2D eigenvalue weighted by Crippen LogP contribution is 2.40. The molecule has 1 aromatic carbocycles. The van der Waals surface area contributed by atoms with E-state index in [1.807, 2.05) is 12.1 Å². The Morgan fingerprint density at radius 1 is 1.48 bits per heavy atom. The van der Waals surface area contributed by atoms with E-state index in [9.17, 15) is 4.79 Å². The number of carbonyl (C=O) groups excluding carboxylic acids is 1. The Hall–Kier alpha value is -1.10. The van der Waals surface area contributed by atoms with Crippen molar-refractivity contribution < 1.29 is 4.79 Å². The van der Waals surface area contributed by atoms with Gasteiger partial charge in [0.05, 0.1) is 6.54 Å². The molecule has 21 heavy (non-hydrogen) atoms. The summed E-state index contributed by atoms with van der Waals surface area (Å²) in [5.41, 5.74) is 0.825. The molecule has 0 aliphatic carbocycles. The van der Waals surface area contributed by atoms with Crippen LogP contribution in [-0.4, -0.2) is 42.5 Å². The minimum atomic E-state index is 0.0262. The van der Waals surface area contributed by atoms with Crippen LogP contribution in [0.5, 0.6) is 0 Å². The molecular weight excluding hydrogens is 286 g/mol. The highest BCUT2D eigenvalue weighted by atomic mass is 35.5. The first-order valence-corrected chi connectivity index (χ1v) is 7.86. The number of likely N-dealkylation sites (tertiary alicyclic amines) is 1. The maximum Gasteiger partial charge on any atom is 0.238 e. The zero-order chi connectivity index (χ0) is 15.0. The molecule has 5 heteroatoms. The fourth-order valence-electron chi connectivity index (χ4n) is 3.71. The van der Waals surface area contributed by atoms with Crippen LogP contribution < -0.4 is 10.6 Å². The number of benzene rings is 1. The molecule has 0 spiro atoms. The van der Waals surface area contributed by atoms with Gasteiger partial charge < -0.3 is 10.6 Å². The van der Waals surface area contributed by atoms with Crippen molar-refractivity contribution in [3.05, 3.63) is 29.3 Å². The van der Waals surface area contributed by atoms with E-state index in [1.54, 1.807) is 12.1 Å². The van der Waals surface area contributed by atoms with Gasteiger partial charge in [-0.15, -0.1) is 0 Å². The molecule has 2 atom stereocenters. The number of rotatable bonds is 3. The van der Waals surface area contributed by atoms with Crippen LogP contribution in [0.1, 0.15) is 13.8 Å². The van der Waals surface area contributed by atoms with Crippen molar-refractivity contribution >= 4 is 23.2 Å². The predicted molar refractivity (Wildman–Crippen MR) is 85.6 cm³/mol. The van der Waals surface area contributed by atoms with Crippen LogP contribution >= 0.6 is 11.6 Å². The molecule has 114 valence electrons.